The van der Waals surface area contributed by atoms with Crippen LogP contribution in [0.4, 0.5) is 0 Å². The summed E-state index contributed by atoms with van der Waals surface area (Å²) in [6.07, 6.45) is 5.15. The SMILES string of the molecule is CCC(CCCCCCn1c(-c2ccccc2)c(-c2ccccc2)[nH]c1=O)C(=O)O. The van der Waals surface area contributed by atoms with E-state index < -0.39 is 5.97 Å². The second-order valence-electron chi connectivity index (χ2n) is 7.68. The minimum atomic E-state index is -0.697. The number of rotatable bonds is 11. The Hall–Kier alpha value is -3.08. The summed E-state index contributed by atoms with van der Waals surface area (Å²) in [4.78, 5) is 27.0. The van der Waals surface area contributed by atoms with Crippen LogP contribution in [-0.2, 0) is 11.3 Å². The van der Waals surface area contributed by atoms with Crippen LogP contribution < -0.4 is 5.69 Å². The van der Waals surface area contributed by atoms with Crippen LogP contribution in [-0.4, -0.2) is 20.6 Å². The van der Waals surface area contributed by atoms with Crippen molar-refractivity contribution in [3.63, 3.8) is 0 Å². The first kappa shape index (κ1) is 21.6. The fraction of sp³-hybridized carbons (Fsp3) is 0.360. The summed E-state index contributed by atoms with van der Waals surface area (Å²) in [6.45, 7) is 2.56. The number of nitrogens with one attached hydrogen (secondary N) is 1. The van der Waals surface area contributed by atoms with Gasteiger partial charge in [0.15, 0.2) is 0 Å². The lowest BCUT2D eigenvalue weighted by molar-refractivity contribution is -0.142. The Morgan fingerprint density at radius 1 is 0.933 bits per heavy atom. The maximum atomic E-state index is 12.8. The summed E-state index contributed by atoms with van der Waals surface area (Å²) in [5, 5.41) is 9.15. The largest absolute Gasteiger partial charge is 0.481 e. The molecule has 0 radical (unpaired) electrons. The topological polar surface area (TPSA) is 75.1 Å². The van der Waals surface area contributed by atoms with Crippen molar-refractivity contribution in [3.8, 4) is 22.5 Å². The Balaban J connectivity index is 1.71. The van der Waals surface area contributed by atoms with Crippen LogP contribution in [0.25, 0.3) is 22.5 Å². The first-order chi connectivity index (χ1) is 14.6. The third kappa shape index (κ3) is 5.29. The van der Waals surface area contributed by atoms with Crippen LogP contribution >= 0.6 is 0 Å². The molecule has 5 nitrogen and oxygen atoms in total. The molecule has 2 aromatic carbocycles. The Morgan fingerprint density at radius 2 is 1.53 bits per heavy atom. The third-order valence-corrected chi connectivity index (χ3v) is 5.62. The number of unbranched alkanes of at least 4 members (excludes halogenated alkanes) is 3. The van der Waals surface area contributed by atoms with E-state index in [0.29, 0.717) is 13.0 Å². The van der Waals surface area contributed by atoms with Crippen molar-refractivity contribution in [3.05, 3.63) is 71.1 Å². The number of carbonyl (C=O) groups is 1. The van der Waals surface area contributed by atoms with E-state index in [9.17, 15) is 9.59 Å². The van der Waals surface area contributed by atoms with E-state index in [1.54, 1.807) is 0 Å². The van der Waals surface area contributed by atoms with Crippen LogP contribution in [0.1, 0.15) is 45.4 Å². The Labute approximate surface area is 177 Å². The van der Waals surface area contributed by atoms with Gasteiger partial charge in [-0.3, -0.25) is 9.36 Å². The fourth-order valence-electron chi connectivity index (χ4n) is 3.91. The number of hydrogen-bond acceptors (Lipinski definition) is 2. The summed E-state index contributed by atoms with van der Waals surface area (Å²) >= 11 is 0. The number of carboxylic acid groups (broad SMARTS) is 1. The number of carboxylic acids is 1. The van der Waals surface area contributed by atoms with E-state index in [4.69, 9.17) is 5.11 Å². The van der Waals surface area contributed by atoms with Crippen molar-refractivity contribution >= 4 is 5.97 Å². The molecule has 0 fully saturated rings. The van der Waals surface area contributed by atoms with Gasteiger partial charge in [-0.15, -0.1) is 0 Å². The number of H-pyrrole nitrogens is 1. The van der Waals surface area contributed by atoms with Gasteiger partial charge in [-0.1, -0.05) is 86.8 Å². The third-order valence-electron chi connectivity index (χ3n) is 5.62. The van der Waals surface area contributed by atoms with Crippen molar-refractivity contribution in [2.45, 2.75) is 52.0 Å². The molecule has 1 unspecified atom stereocenters. The summed E-state index contributed by atoms with van der Waals surface area (Å²) in [7, 11) is 0. The van der Waals surface area contributed by atoms with E-state index in [1.807, 2.05) is 72.2 Å². The molecule has 2 N–H and O–H groups in total. The van der Waals surface area contributed by atoms with Crippen molar-refractivity contribution in [1.82, 2.24) is 9.55 Å². The number of nitrogens with zero attached hydrogens (tertiary/aromatic N) is 1. The van der Waals surface area contributed by atoms with Gasteiger partial charge < -0.3 is 10.1 Å². The van der Waals surface area contributed by atoms with Crippen LogP contribution in [0.15, 0.2) is 65.5 Å². The van der Waals surface area contributed by atoms with Gasteiger partial charge in [0.05, 0.1) is 17.3 Å². The Morgan fingerprint density at radius 3 is 2.13 bits per heavy atom. The lowest BCUT2D eigenvalue weighted by Crippen LogP contribution is -2.17. The zero-order valence-electron chi connectivity index (χ0n) is 17.5. The van der Waals surface area contributed by atoms with Crippen LogP contribution in [0.3, 0.4) is 0 Å². The molecule has 0 amide bonds. The fourth-order valence-corrected chi connectivity index (χ4v) is 3.91. The lowest BCUT2D eigenvalue weighted by atomic mass is 9.98. The molecule has 0 spiro atoms. The molecule has 5 heteroatoms. The second kappa shape index (κ2) is 10.6. The average Bonchev–Trinajstić information content (AvgIpc) is 3.10. The quantitative estimate of drug-likeness (QED) is 0.409. The smallest absolute Gasteiger partial charge is 0.326 e. The highest BCUT2D eigenvalue weighted by atomic mass is 16.4. The Kier molecular flexibility index (Phi) is 7.66. The van der Waals surface area contributed by atoms with Gasteiger partial charge in [0, 0.05) is 17.7 Å². The van der Waals surface area contributed by atoms with Crippen molar-refractivity contribution in [2.24, 2.45) is 5.92 Å². The zero-order chi connectivity index (χ0) is 21.3. The molecule has 1 heterocycles. The maximum absolute atomic E-state index is 12.8. The number of imidazole rings is 1. The van der Waals surface area contributed by atoms with Gasteiger partial charge in [0.2, 0.25) is 0 Å². The highest BCUT2D eigenvalue weighted by Gasteiger charge is 2.17. The molecule has 1 aromatic heterocycles. The number of aromatic amines is 1. The van der Waals surface area contributed by atoms with Gasteiger partial charge in [-0.2, -0.15) is 0 Å². The molecule has 0 bridgehead atoms. The first-order valence-corrected chi connectivity index (χ1v) is 10.8. The van der Waals surface area contributed by atoms with Crippen LogP contribution in [0, 0.1) is 5.92 Å². The zero-order valence-corrected chi connectivity index (χ0v) is 17.5. The van der Waals surface area contributed by atoms with Crippen molar-refractivity contribution in [2.75, 3.05) is 0 Å². The van der Waals surface area contributed by atoms with Gasteiger partial charge >= 0.3 is 11.7 Å². The second-order valence-corrected chi connectivity index (χ2v) is 7.68. The molecular weight excluding hydrogens is 376 g/mol. The summed E-state index contributed by atoms with van der Waals surface area (Å²) in [5.41, 5.74) is 3.68. The monoisotopic (exact) mass is 406 g/mol. The highest BCUT2D eigenvalue weighted by Crippen LogP contribution is 2.30. The van der Waals surface area contributed by atoms with Gasteiger partial charge in [0.1, 0.15) is 0 Å². The first-order valence-electron chi connectivity index (χ1n) is 10.8. The molecule has 0 saturated carbocycles. The minimum Gasteiger partial charge on any atom is -0.481 e. The number of aliphatic carboxylic acids is 1. The predicted molar refractivity (Wildman–Crippen MR) is 120 cm³/mol. The molecule has 3 aromatic rings. The van der Waals surface area contributed by atoms with Crippen LogP contribution in [0.5, 0.6) is 0 Å². The summed E-state index contributed by atoms with van der Waals surface area (Å²) in [6, 6.07) is 19.9. The molecule has 0 aliphatic heterocycles. The minimum absolute atomic E-state index is 0.0929. The molecule has 0 aliphatic rings. The van der Waals surface area contributed by atoms with Gasteiger partial charge in [0.25, 0.3) is 0 Å². The van der Waals surface area contributed by atoms with E-state index in [2.05, 4.69) is 4.98 Å². The van der Waals surface area contributed by atoms with E-state index in [-0.39, 0.29) is 11.6 Å². The highest BCUT2D eigenvalue weighted by molar-refractivity contribution is 5.78. The number of aromatic nitrogens is 2. The van der Waals surface area contributed by atoms with Gasteiger partial charge in [-0.25, -0.2) is 4.79 Å². The number of hydrogen-bond donors (Lipinski definition) is 2. The summed E-state index contributed by atoms with van der Waals surface area (Å²) in [5.74, 6) is -0.937. The van der Waals surface area contributed by atoms with Crippen LogP contribution in [0.2, 0.25) is 0 Å². The average molecular weight is 407 g/mol. The maximum Gasteiger partial charge on any atom is 0.326 e. The predicted octanol–water partition coefficient (Wildman–Crippen LogP) is 5.57. The lowest BCUT2D eigenvalue weighted by Gasteiger charge is -2.11. The molecule has 3 rings (SSSR count). The Bertz CT molecular complexity index is 990. The van der Waals surface area contributed by atoms with Crippen molar-refractivity contribution < 1.29 is 9.90 Å². The number of benzene rings is 2. The molecule has 1 atom stereocenters. The molecule has 0 aliphatic carbocycles. The van der Waals surface area contributed by atoms with E-state index >= 15 is 0 Å². The van der Waals surface area contributed by atoms with E-state index in [0.717, 1.165) is 54.6 Å². The standard InChI is InChI=1S/C25H30N2O3/c1-2-19(24(28)29)13-7-3-4-12-18-27-23(21-16-10-6-11-17-21)22(26-25(27)30)20-14-8-5-9-15-20/h5-6,8-11,14-17,19H,2-4,7,12-13,18H2,1H3,(H,26,30)(H,28,29). The van der Waals surface area contributed by atoms with E-state index in [1.165, 1.54) is 0 Å². The summed E-state index contributed by atoms with van der Waals surface area (Å²) < 4.78 is 1.84. The molecular formula is C25H30N2O3. The van der Waals surface area contributed by atoms with Gasteiger partial charge in [-0.05, 0) is 19.3 Å². The van der Waals surface area contributed by atoms with Crippen molar-refractivity contribution in [1.29, 1.82) is 0 Å². The normalized spacial score (nSPS) is 12.0. The molecule has 158 valence electrons. The molecule has 0 saturated heterocycles. The molecule has 30 heavy (non-hydrogen) atoms.